The first kappa shape index (κ1) is 22.2. The standard InChI is InChI=1S/C20H35O4P/c1-3-5-7-8-9-10-15-19-23-25(21,22-18-14-6-4-2)24-20-16-12-11-13-17-20/h11-13,16-17H,3-10,14-15,18-19H2,1-2H3. The molecule has 25 heavy (non-hydrogen) atoms. The number of hydrogen-bond donors (Lipinski definition) is 0. The van der Waals surface area contributed by atoms with E-state index in [9.17, 15) is 4.57 Å². The molecule has 1 aromatic rings. The maximum Gasteiger partial charge on any atom is 0.530 e. The van der Waals surface area contributed by atoms with E-state index >= 15 is 0 Å². The summed E-state index contributed by atoms with van der Waals surface area (Å²) in [5.74, 6) is 0.515. The predicted octanol–water partition coefficient (Wildman–Crippen LogP) is 7.15. The van der Waals surface area contributed by atoms with Gasteiger partial charge in [-0.1, -0.05) is 83.4 Å². The molecule has 0 saturated carbocycles. The molecular formula is C20H35O4P. The molecule has 1 atom stereocenters. The van der Waals surface area contributed by atoms with Gasteiger partial charge in [-0.3, -0.25) is 9.05 Å². The molecule has 1 rings (SSSR count). The molecule has 4 nitrogen and oxygen atoms in total. The minimum Gasteiger partial charge on any atom is -0.404 e. The Morgan fingerprint density at radius 1 is 0.720 bits per heavy atom. The number of benzene rings is 1. The van der Waals surface area contributed by atoms with E-state index in [-0.39, 0.29) is 0 Å². The van der Waals surface area contributed by atoms with Crippen LogP contribution in [-0.4, -0.2) is 13.2 Å². The van der Waals surface area contributed by atoms with Crippen molar-refractivity contribution in [2.24, 2.45) is 0 Å². The highest BCUT2D eigenvalue weighted by Crippen LogP contribution is 2.49. The summed E-state index contributed by atoms with van der Waals surface area (Å²) < 4.78 is 29.5. The summed E-state index contributed by atoms with van der Waals surface area (Å²) in [6, 6.07) is 9.09. The van der Waals surface area contributed by atoms with Crippen molar-refractivity contribution in [2.45, 2.75) is 78.1 Å². The zero-order valence-electron chi connectivity index (χ0n) is 16.0. The van der Waals surface area contributed by atoms with Gasteiger partial charge in [0.15, 0.2) is 0 Å². The number of rotatable bonds is 16. The van der Waals surface area contributed by atoms with Gasteiger partial charge < -0.3 is 4.52 Å². The van der Waals surface area contributed by atoms with Gasteiger partial charge in [-0.25, -0.2) is 4.57 Å². The Kier molecular flexibility index (Phi) is 12.8. The lowest BCUT2D eigenvalue weighted by Crippen LogP contribution is -2.05. The molecule has 1 unspecified atom stereocenters. The van der Waals surface area contributed by atoms with Gasteiger partial charge in [0.25, 0.3) is 0 Å². The normalized spacial score (nSPS) is 13.5. The third-order valence-corrected chi connectivity index (χ3v) is 5.39. The minimum absolute atomic E-state index is 0.398. The molecule has 0 aliphatic rings. The van der Waals surface area contributed by atoms with Gasteiger partial charge >= 0.3 is 7.82 Å². The lowest BCUT2D eigenvalue weighted by atomic mass is 10.1. The van der Waals surface area contributed by atoms with Crippen LogP contribution in [0.25, 0.3) is 0 Å². The molecule has 0 fully saturated rings. The molecule has 0 aliphatic heterocycles. The highest BCUT2D eigenvalue weighted by atomic mass is 31.2. The molecule has 0 radical (unpaired) electrons. The zero-order chi connectivity index (χ0) is 18.2. The number of hydrogen-bond acceptors (Lipinski definition) is 4. The van der Waals surface area contributed by atoms with Gasteiger partial charge in [0.2, 0.25) is 0 Å². The summed E-state index contributed by atoms with van der Waals surface area (Å²) in [5, 5.41) is 0. The van der Waals surface area contributed by atoms with E-state index in [2.05, 4.69) is 13.8 Å². The average Bonchev–Trinajstić information content (AvgIpc) is 2.62. The van der Waals surface area contributed by atoms with Crippen molar-refractivity contribution in [1.82, 2.24) is 0 Å². The van der Waals surface area contributed by atoms with Gasteiger partial charge in [-0.15, -0.1) is 0 Å². The van der Waals surface area contributed by atoms with Crippen LogP contribution in [0, 0.1) is 0 Å². The minimum atomic E-state index is -3.55. The van der Waals surface area contributed by atoms with E-state index in [1.54, 1.807) is 12.1 Å². The van der Waals surface area contributed by atoms with Crippen LogP contribution in [-0.2, 0) is 13.6 Å². The fraction of sp³-hybridized carbons (Fsp3) is 0.700. The first-order valence-corrected chi connectivity index (χ1v) is 11.3. The van der Waals surface area contributed by atoms with Crippen molar-refractivity contribution in [3.63, 3.8) is 0 Å². The molecule has 0 amide bonds. The van der Waals surface area contributed by atoms with Crippen molar-refractivity contribution in [3.8, 4) is 5.75 Å². The Morgan fingerprint density at radius 2 is 1.20 bits per heavy atom. The van der Waals surface area contributed by atoms with Gasteiger partial charge in [0.05, 0.1) is 13.2 Å². The van der Waals surface area contributed by atoms with Crippen LogP contribution in [0.2, 0.25) is 0 Å². The Bertz CT molecular complexity index is 464. The number of phosphoric ester groups is 1. The van der Waals surface area contributed by atoms with Gasteiger partial charge in [-0.2, -0.15) is 0 Å². The van der Waals surface area contributed by atoms with Crippen LogP contribution in [0.15, 0.2) is 30.3 Å². The molecule has 1 aromatic carbocycles. The summed E-state index contributed by atoms with van der Waals surface area (Å²) in [4.78, 5) is 0. The SMILES string of the molecule is CCCCCCCCCOP(=O)(OCCCCC)Oc1ccccc1. The van der Waals surface area contributed by atoms with Crippen LogP contribution >= 0.6 is 7.82 Å². The molecule has 144 valence electrons. The van der Waals surface area contributed by atoms with Crippen LogP contribution in [0.3, 0.4) is 0 Å². The van der Waals surface area contributed by atoms with E-state index in [1.807, 2.05) is 18.2 Å². The smallest absolute Gasteiger partial charge is 0.404 e. The molecule has 0 aliphatic carbocycles. The highest BCUT2D eigenvalue weighted by molar-refractivity contribution is 7.48. The maximum absolute atomic E-state index is 12.9. The van der Waals surface area contributed by atoms with E-state index < -0.39 is 7.82 Å². The Morgan fingerprint density at radius 3 is 1.80 bits per heavy atom. The monoisotopic (exact) mass is 370 g/mol. The first-order valence-electron chi connectivity index (χ1n) is 9.84. The fourth-order valence-corrected chi connectivity index (χ4v) is 3.73. The Balaban J connectivity index is 2.35. The third kappa shape index (κ3) is 11.4. The number of unbranched alkanes of at least 4 members (excludes halogenated alkanes) is 8. The Hall–Kier alpha value is -0.830. The molecule has 0 spiro atoms. The van der Waals surface area contributed by atoms with Crippen LogP contribution in [0.1, 0.15) is 78.1 Å². The van der Waals surface area contributed by atoms with Crippen molar-refractivity contribution in [3.05, 3.63) is 30.3 Å². The van der Waals surface area contributed by atoms with Crippen LogP contribution in [0.5, 0.6) is 5.75 Å². The molecular weight excluding hydrogens is 335 g/mol. The molecule has 0 N–H and O–H groups in total. The summed E-state index contributed by atoms with van der Waals surface area (Å²) >= 11 is 0. The second-order valence-electron chi connectivity index (χ2n) is 6.35. The lowest BCUT2D eigenvalue weighted by Gasteiger charge is -2.18. The summed E-state index contributed by atoms with van der Waals surface area (Å²) in [6.45, 7) is 5.15. The third-order valence-electron chi connectivity index (χ3n) is 3.96. The van der Waals surface area contributed by atoms with E-state index in [1.165, 1.54) is 32.1 Å². The topological polar surface area (TPSA) is 44.8 Å². The summed E-state index contributed by atoms with van der Waals surface area (Å²) in [6.07, 6.45) is 11.3. The van der Waals surface area contributed by atoms with Crippen molar-refractivity contribution in [2.75, 3.05) is 13.2 Å². The average molecular weight is 370 g/mol. The van der Waals surface area contributed by atoms with Gasteiger partial charge in [0, 0.05) is 0 Å². The van der Waals surface area contributed by atoms with Crippen LogP contribution < -0.4 is 4.52 Å². The number of phosphoric acid groups is 1. The molecule has 0 aromatic heterocycles. The quantitative estimate of drug-likeness (QED) is 0.229. The molecule has 5 heteroatoms. The maximum atomic E-state index is 12.9. The predicted molar refractivity (Wildman–Crippen MR) is 104 cm³/mol. The van der Waals surface area contributed by atoms with Crippen molar-refractivity contribution in [1.29, 1.82) is 0 Å². The van der Waals surface area contributed by atoms with Crippen LogP contribution in [0.4, 0.5) is 0 Å². The van der Waals surface area contributed by atoms with Crippen molar-refractivity contribution < 1.29 is 18.1 Å². The molecule has 0 bridgehead atoms. The fourth-order valence-electron chi connectivity index (χ4n) is 2.46. The lowest BCUT2D eigenvalue weighted by molar-refractivity contribution is 0.151. The molecule has 0 heterocycles. The highest BCUT2D eigenvalue weighted by Gasteiger charge is 2.28. The second-order valence-corrected chi connectivity index (χ2v) is 7.94. The zero-order valence-corrected chi connectivity index (χ0v) is 16.8. The largest absolute Gasteiger partial charge is 0.530 e. The van der Waals surface area contributed by atoms with E-state index in [0.29, 0.717) is 19.0 Å². The summed E-state index contributed by atoms with van der Waals surface area (Å²) in [7, 11) is -3.55. The van der Waals surface area contributed by atoms with Gasteiger partial charge in [-0.05, 0) is 25.0 Å². The Labute approximate surface area is 153 Å². The van der Waals surface area contributed by atoms with Crippen molar-refractivity contribution >= 4 is 7.82 Å². The van der Waals surface area contributed by atoms with E-state index in [4.69, 9.17) is 13.6 Å². The first-order chi connectivity index (χ1) is 12.2. The second kappa shape index (κ2) is 14.4. The van der Waals surface area contributed by atoms with Gasteiger partial charge in [0.1, 0.15) is 5.75 Å². The van der Waals surface area contributed by atoms with E-state index in [0.717, 1.165) is 32.1 Å². The molecule has 0 saturated heterocycles. The summed E-state index contributed by atoms with van der Waals surface area (Å²) in [5.41, 5.74) is 0. The number of para-hydroxylation sites is 1.